The van der Waals surface area contributed by atoms with Crippen molar-refractivity contribution in [3.8, 4) is 0 Å². The number of hydrogen-bond donors (Lipinski definition) is 2. The highest BCUT2D eigenvalue weighted by atomic mass is 32.2. The Labute approximate surface area is 120 Å². The molecule has 0 aromatic rings. The van der Waals surface area contributed by atoms with E-state index in [-0.39, 0.29) is 25.0 Å². The van der Waals surface area contributed by atoms with E-state index in [4.69, 9.17) is 5.11 Å². The first-order valence-corrected chi connectivity index (χ1v) is 8.09. The molecule has 0 aliphatic carbocycles. The molecule has 0 atom stereocenters. The van der Waals surface area contributed by atoms with Gasteiger partial charge in [-0.25, -0.2) is 4.72 Å². The lowest BCUT2D eigenvalue weighted by Crippen LogP contribution is -2.48. The van der Waals surface area contributed by atoms with Gasteiger partial charge in [0.1, 0.15) is 0 Å². The second-order valence-corrected chi connectivity index (χ2v) is 7.60. The predicted octanol–water partition coefficient (Wildman–Crippen LogP) is -0.276. The van der Waals surface area contributed by atoms with Crippen LogP contribution in [0.25, 0.3) is 0 Å². The third-order valence-electron chi connectivity index (χ3n) is 3.49. The zero-order valence-corrected chi connectivity index (χ0v) is 13.1. The maximum atomic E-state index is 12.1. The van der Waals surface area contributed by atoms with Crippen molar-refractivity contribution in [3.63, 3.8) is 0 Å². The number of rotatable bonds is 6. The minimum Gasteiger partial charge on any atom is -0.469 e. The van der Waals surface area contributed by atoms with Crippen molar-refractivity contribution < 1.29 is 23.1 Å². The quantitative estimate of drug-likeness (QED) is 0.658. The van der Waals surface area contributed by atoms with E-state index in [1.807, 2.05) is 0 Å². The lowest BCUT2D eigenvalue weighted by Gasteiger charge is -2.31. The first-order chi connectivity index (χ1) is 9.22. The van der Waals surface area contributed by atoms with Gasteiger partial charge in [-0.2, -0.15) is 12.7 Å². The average molecular weight is 308 g/mol. The number of nitrogens with zero attached hydrogens (tertiary/aromatic N) is 1. The van der Waals surface area contributed by atoms with Crippen LogP contribution in [-0.2, 0) is 19.7 Å². The molecule has 1 rings (SSSR count). The third kappa shape index (κ3) is 4.69. The van der Waals surface area contributed by atoms with Crippen molar-refractivity contribution >= 4 is 16.2 Å². The fourth-order valence-corrected chi connectivity index (χ4v) is 3.38. The molecule has 0 aromatic heterocycles. The van der Waals surface area contributed by atoms with Gasteiger partial charge in [0.25, 0.3) is 10.2 Å². The lowest BCUT2D eigenvalue weighted by atomic mass is 9.96. The van der Waals surface area contributed by atoms with Crippen molar-refractivity contribution in [3.05, 3.63) is 0 Å². The first kappa shape index (κ1) is 17.4. The number of piperidine rings is 1. The summed E-state index contributed by atoms with van der Waals surface area (Å²) >= 11 is 0. The monoisotopic (exact) mass is 308 g/mol. The standard InChI is InChI=1S/C12H24N2O5S/c1-12(2,9-15)8-13-20(17,18)14-6-4-10(5-7-14)11(16)19-3/h10,13,15H,4-9H2,1-3H3. The van der Waals surface area contributed by atoms with E-state index >= 15 is 0 Å². The molecular weight excluding hydrogens is 284 g/mol. The minimum absolute atomic E-state index is 0.0973. The Bertz CT molecular complexity index is 427. The summed E-state index contributed by atoms with van der Waals surface area (Å²) in [6.07, 6.45) is 0.938. The van der Waals surface area contributed by atoms with Gasteiger partial charge in [-0.15, -0.1) is 0 Å². The number of carbonyl (C=O) groups is 1. The van der Waals surface area contributed by atoms with E-state index in [0.717, 1.165) is 0 Å². The normalized spacial score (nSPS) is 19.0. The van der Waals surface area contributed by atoms with Gasteiger partial charge in [0.2, 0.25) is 0 Å². The number of ether oxygens (including phenoxy) is 1. The molecule has 8 heteroatoms. The maximum Gasteiger partial charge on any atom is 0.308 e. The Morgan fingerprint density at radius 2 is 1.95 bits per heavy atom. The minimum atomic E-state index is -3.56. The van der Waals surface area contributed by atoms with Gasteiger partial charge in [0, 0.05) is 31.7 Å². The van der Waals surface area contributed by atoms with Crippen LogP contribution in [0.3, 0.4) is 0 Å². The SMILES string of the molecule is COC(=O)C1CCN(S(=O)(=O)NCC(C)(C)CO)CC1. The molecule has 0 unspecified atom stereocenters. The number of carbonyl (C=O) groups excluding carboxylic acids is 1. The topological polar surface area (TPSA) is 95.9 Å². The average Bonchev–Trinajstić information content (AvgIpc) is 2.45. The molecule has 1 saturated heterocycles. The van der Waals surface area contributed by atoms with Crippen molar-refractivity contribution in [1.82, 2.24) is 9.03 Å². The molecule has 0 aromatic carbocycles. The summed E-state index contributed by atoms with van der Waals surface area (Å²) in [5.41, 5.74) is -0.503. The van der Waals surface area contributed by atoms with Crippen LogP contribution < -0.4 is 4.72 Å². The summed E-state index contributed by atoms with van der Waals surface area (Å²) in [4.78, 5) is 11.4. The molecule has 0 radical (unpaired) electrons. The van der Waals surface area contributed by atoms with Gasteiger partial charge < -0.3 is 9.84 Å². The third-order valence-corrected chi connectivity index (χ3v) is 5.04. The molecule has 0 bridgehead atoms. The van der Waals surface area contributed by atoms with Crippen LogP contribution in [0.1, 0.15) is 26.7 Å². The number of hydrogen-bond acceptors (Lipinski definition) is 5. The van der Waals surface area contributed by atoms with Crippen LogP contribution in [-0.4, -0.2) is 57.1 Å². The first-order valence-electron chi connectivity index (χ1n) is 6.65. The largest absolute Gasteiger partial charge is 0.469 e. The zero-order chi connectivity index (χ0) is 15.4. The Morgan fingerprint density at radius 1 is 1.40 bits per heavy atom. The van der Waals surface area contributed by atoms with Gasteiger partial charge in [0.05, 0.1) is 13.0 Å². The van der Waals surface area contributed by atoms with Crippen LogP contribution in [0, 0.1) is 11.3 Å². The van der Waals surface area contributed by atoms with Crippen LogP contribution in [0.4, 0.5) is 0 Å². The van der Waals surface area contributed by atoms with Crippen molar-refractivity contribution in [2.45, 2.75) is 26.7 Å². The van der Waals surface area contributed by atoms with Crippen LogP contribution >= 0.6 is 0 Å². The van der Waals surface area contributed by atoms with Gasteiger partial charge >= 0.3 is 5.97 Å². The number of methoxy groups -OCH3 is 1. The molecule has 0 amide bonds. The van der Waals surface area contributed by atoms with E-state index < -0.39 is 15.6 Å². The Morgan fingerprint density at radius 3 is 2.40 bits per heavy atom. The Balaban J connectivity index is 2.53. The second-order valence-electron chi connectivity index (χ2n) is 5.84. The van der Waals surface area contributed by atoms with Crippen molar-refractivity contribution in [1.29, 1.82) is 0 Å². The molecule has 1 aliphatic heterocycles. The molecule has 1 heterocycles. The summed E-state index contributed by atoms with van der Waals surface area (Å²) in [7, 11) is -2.23. The second kappa shape index (κ2) is 6.84. The summed E-state index contributed by atoms with van der Waals surface area (Å²) < 4.78 is 32.7. The lowest BCUT2D eigenvalue weighted by molar-refractivity contribution is -0.146. The summed E-state index contributed by atoms with van der Waals surface area (Å²) in [6.45, 7) is 4.23. The fourth-order valence-electron chi connectivity index (χ4n) is 1.93. The molecule has 1 aliphatic rings. The van der Waals surface area contributed by atoms with E-state index in [9.17, 15) is 13.2 Å². The van der Waals surface area contributed by atoms with E-state index in [1.165, 1.54) is 11.4 Å². The predicted molar refractivity (Wildman–Crippen MR) is 74.1 cm³/mol. The summed E-state index contributed by atoms with van der Waals surface area (Å²) in [5.74, 6) is -0.503. The van der Waals surface area contributed by atoms with Crippen LogP contribution in [0.15, 0.2) is 0 Å². The molecule has 7 nitrogen and oxygen atoms in total. The van der Waals surface area contributed by atoms with E-state index in [1.54, 1.807) is 13.8 Å². The highest BCUT2D eigenvalue weighted by Gasteiger charge is 2.32. The van der Waals surface area contributed by atoms with E-state index in [2.05, 4.69) is 9.46 Å². The molecule has 2 N–H and O–H groups in total. The van der Waals surface area contributed by atoms with Crippen molar-refractivity contribution in [2.24, 2.45) is 11.3 Å². The fraction of sp³-hybridized carbons (Fsp3) is 0.917. The molecule has 20 heavy (non-hydrogen) atoms. The number of aliphatic hydroxyl groups is 1. The maximum absolute atomic E-state index is 12.1. The smallest absolute Gasteiger partial charge is 0.308 e. The molecule has 1 fully saturated rings. The van der Waals surface area contributed by atoms with Gasteiger partial charge in [-0.1, -0.05) is 13.8 Å². The van der Waals surface area contributed by atoms with Gasteiger partial charge in [-0.05, 0) is 12.8 Å². The van der Waals surface area contributed by atoms with Gasteiger partial charge in [0.15, 0.2) is 0 Å². The molecule has 118 valence electrons. The highest BCUT2D eigenvalue weighted by Crippen LogP contribution is 2.20. The van der Waals surface area contributed by atoms with E-state index in [0.29, 0.717) is 25.9 Å². The van der Waals surface area contributed by atoms with Gasteiger partial charge in [-0.3, -0.25) is 4.79 Å². The zero-order valence-electron chi connectivity index (χ0n) is 12.3. The summed E-state index contributed by atoms with van der Waals surface area (Å²) in [6, 6.07) is 0. The number of aliphatic hydroxyl groups excluding tert-OH is 1. The van der Waals surface area contributed by atoms with Crippen LogP contribution in [0.2, 0.25) is 0 Å². The molecule has 0 spiro atoms. The summed E-state index contributed by atoms with van der Waals surface area (Å²) in [5, 5.41) is 9.12. The molecular formula is C12H24N2O5S. The number of nitrogens with one attached hydrogen (secondary N) is 1. The Kier molecular flexibility index (Phi) is 5.93. The molecule has 0 saturated carbocycles. The van der Waals surface area contributed by atoms with Crippen molar-refractivity contribution in [2.75, 3.05) is 33.4 Å². The number of esters is 1. The van der Waals surface area contributed by atoms with Crippen LogP contribution in [0.5, 0.6) is 0 Å². The highest BCUT2D eigenvalue weighted by molar-refractivity contribution is 7.87. The Hall–Kier alpha value is -0.700.